The third-order valence-electron chi connectivity index (χ3n) is 3.70. The third-order valence-corrected chi connectivity index (χ3v) is 3.70. The summed E-state index contributed by atoms with van der Waals surface area (Å²) in [5.41, 5.74) is 1.57. The summed E-state index contributed by atoms with van der Waals surface area (Å²) < 4.78 is 19.1. The van der Waals surface area contributed by atoms with Gasteiger partial charge in [-0.3, -0.25) is 4.99 Å². The van der Waals surface area contributed by atoms with Gasteiger partial charge in [-0.05, 0) is 43.4 Å². The Hall–Kier alpha value is -0.890. The minimum atomic E-state index is -0.171. The fourth-order valence-corrected chi connectivity index (χ4v) is 2.38. The maximum atomic E-state index is 13.5. The van der Waals surface area contributed by atoms with Crippen molar-refractivity contribution in [2.45, 2.75) is 38.8 Å². The lowest BCUT2D eigenvalue weighted by Crippen LogP contribution is -2.38. The molecule has 0 bridgehead atoms. The van der Waals surface area contributed by atoms with E-state index >= 15 is 0 Å². The second kappa shape index (κ2) is 9.99. The van der Waals surface area contributed by atoms with Crippen molar-refractivity contribution in [3.05, 3.63) is 35.1 Å². The molecule has 1 saturated heterocycles. The molecule has 1 atom stereocenters. The molecule has 2 N–H and O–H groups in total. The molecule has 1 aromatic carbocycles. The first-order chi connectivity index (χ1) is 10.2. The summed E-state index contributed by atoms with van der Waals surface area (Å²) in [4.78, 5) is 4.17. The summed E-state index contributed by atoms with van der Waals surface area (Å²) in [5.74, 6) is 0.560. The van der Waals surface area contributed by atoms with Crippen molar-refractivity contribution in [2.24, 2.45) is 4.99 Å². The molecule has 124 valence electrons. The maximum absolute atomic E-state index is 13.5. The minimum absolute atomic E-state index is 0. The minimum Gasteiger partial charge on any atom is -0.378 e. The molecule has 2 rings (SSSR count). The first-order valence-electron chi connectivity index (χ1n) is 7.50. The average Bonchev–Trinajstić information content (AvgIpc) is 2.99. The topological polar surface area (TPSA) is 45.7 Å². The lowest BCUT2D eigenvalue weighted by molar-refractivity contribution is 0.105. The number of hydrogen-bond donors (Lipinski definition) is 2. The van der Waals surface area contributed by atoms with E-state index in [2.05, 4.69) is 15.6 Å². The molecule has 1 aliphatic rings. The standard InChI is InChI=1S/C16H24FN3O.HI/c1-12-5-6-13(10-15(12)17)11-20-16(18-2)19-8-7-14-4-3-9-21-14;/h5-6,10,14H,3-4,7-9,11H2,1-2H3,(H2,18,19,20);1H. The Bertz CT molecular complexity index is 490. The van der Waals surface area contributed by atoms with Crippen molar-refractivity contribution in [3.63, 3.8) is 0 Å². The second-order valence-corrected chi connectivity index (χ2v) is 5.36. The van der Waals surface area contributed by atoms with E-state index in [9.17, 15) is 4.39 Å². The van der Waals surface area contributed by atoms with Gasteiger partial charge in [0.15, 0.2) is 5.96 Å². The molecule has 4 nitrogen and oxygen atoms in total. The van der Waals surface area contributed by atoms with Crippen molar-refractivity contribution in [1.29, 1.82) is 0 Å². The lowest BCUT2D eigenvalue weighted by atomic mass is 10.1. The van der Waals surface area contributed by atoms with E-state index in [-0.39, 0.29) is 29.8 Å². The van der Waals surface area contributed by atoms with Crippen LogP contribution < -0.4 is 10.6 Å². The van der Waals surface area contributed by atoms with Gasteiger partial charge in [0.25, 0.3) is 0 Å². The highest BCUT2D eigenvalue weighted by molar-refractivity contribution is 14.0. The van der Waals surface area contributed by atoms with Crippen molar-refractivity contribution < 1.29 is 9.13 Å². The zero-order chi connectivity index (χ0) is 15.1. The van der Waals surface area contributed by atoms with Crippen LogP contribution in [0.4, 0.5) is 4.39 Å². The second-order valence-electron chi connectivity index (χ2n) is 5.36. The number of nitrogens with zero attached hydrogens (tertiary/aromatic N) is 1. The molecule has 1 fully saturated rings. The molecule has 0 aromatic heterocycles. The molecule has 1 heterocycles. The van der Waals surface area contributed by atoms with E-state index in [1.807, 2.05) is 6.07 Å². The molecule has 0 radical (unpaired) electrons. The molecule has 1 aliphatic heterocycles. The van der Waals surface area contributed by atoms with E-state index in [0.29, 0.717) is 18.2 Å². The Balaban J connectivity index is 0.00000242. The number of guanidine groups is 1. The number of halogens is 2. The van der Waals surface area contributed by atoms with Crippen molar-refractivity contribution >= 4 is 29.9 Å². The Kier molecular flexibility index (Phi) is 8.70. The van der Waals surface area contributed by atoms with Gasteiger partial charge in [0, 0.05) is 26.7 Å². The van der Waals surface area contributed by atoms with Crippen LogP contribution in [0.15, 0.2) is 23.2 Å². The van der Waals surface area contributed by atoms with Crippen LogP contribution in [0.25, 0.3) is 0 Å². The van der Waals surface area contributed by atoms with Gasteiger partial charge in [-0.2, -0.15) is 0 Å². The molecular weight excluding hydrogens is 396 g/mol. The third kappa shape index (κ3) is 6.08. The summed E-state index contributed by atoms with van der Waals surface area (Å²) in [6.45, 7) is 4.03. The van der Waals surface area contributed by atoms with Gasteiger partial charge in [0.05, 0.1) is 6.10 Å². The van der Waals surface area contributed by atoms with Gasteiger partial charge in [-0.15, -0.1) is 24.0 Å². The molecule has 22 heavy (non-hydrogen) atoms. The maximum Gasteiger partial charge on any atom is 0.191 e. The summed E-state index contributed by atoms with van der Waals surface area (Å²) in [6.07, 6.45) is 3.68. The SMILES string of the molecule is CN=C(NCCC1CCCO1)NCc1ccc(C)c(F)c1.I. The largest absolute Gasteiger partial charge is 0.378 e. The van der Waals surface area contributed by atoms with Gasteiger partial charge in [-0.25, -0.2) is 4.39 Å². The van der Waals surface area contributed by atoms with Gasteiger partial charge in [0.1, 0.15) is 5.82 Å². The van der Waals surface area contributed by atoms with E-state index in [0.717, 1.165) is 43.9 Å². The molecule has 0 aliphatic carbocycles. The van der Waals surface area contributed by atoms with Crippen LogP contribution in [0.3, 0.4) is 0 Å². The van der Waals surface area contributed by atoms with Gasteiger partial charge in [0.2, 0.25) is 0 Å². The van der Waals surface area contributed by atoms with Gasteiger partial charge >= 0.3 is 0 Å². The van der Waals surface area contributed by atoms with Crippen LogP contribution in [0.2, 0.25) is 0 Å². The normalized spacial score (nSPS) is 18.0. The van der Waals surface area contributed by atoms with Crippen LogP contribution in [0, 0.1) is 12.7 Å². The highest BCUT2D eigenvalue weighted by Gasteiger charge is 2.14. The molecule has 0 spiro atoms. The predicted molar refractivity (Wildman–Crippen MR) is 98.3 cm³/mol. The van der Waals surface area contributed by atoms with E-state index in [1.54, 1.807) is 26.1 Å². The molecule has 0 amide bonds. The number of aliphatic imine (C=N–C) groups is 1. The highest BCUT2D eigenvalue weighted by Crippen LogP contribution is 2.14. The Morgan fingerprint density at radius 1 is 1.41 bits per heavy atom. The van der Waals surface area contributed by atoms with Crippen LogP contribution >= 0.6 is 24.0 Å². The molecule has 6 heteroatoms. The number of rotatable bonds is 5. The quantitative estimate of drug-likeness (QED) is 0.437. The van der Waals surface area contributed by atoms with Gasteiger partial charge < -0.3 is 15.4 Å². The summed E-state index contributed by atoms with van der Waals surface area (Å²) in [7, 11) is 1.73. The molecule has 1 aromatic rings. The summed E-state index contributed by atoms with van der Waals surface area (Å²) in [5, 5.41) is 6.45. The van der Waals surface area contributed by atoms with Crippen molar-refractivity contribution in [2.75, 3.05) is 20.2 Å². The smallest absolute Gasteiger partial charge is 0.191 e. The predicted octanol–water partition coefficient (Wildman–Crippen LogP) is 2.99. The van der Waals surface area contributed by atoms with Crippen molar-refractivity contribution in [1.82, 2.24) is 10.6 Å². The summed E-state index contributed by atoms with van der Waals surface area (Å²) >= 11 is 0. The van der Waals surface area contributed by atoms with E-state index < -0.39 is 0 Å². The van der Waals surface area contributed by atoms with Crippen LogP contribution in [-0.4, -0.2) is 32.3 Å². The molecule has 1 unspecified atom stereocenters. The number of benzene rings is 1. The number of ether oxygens (including phenoxy) is 1. The monoisotopic (exact) mass is 421 g/mol. The fraction of sp³-hybridized carbons (Fsp3) is 0.562. The number of aryl methyl sites for hydroxylation is 1. The fourth-order valence-electron chi connectivity index (χ4n) is 2.38. The first-order valence-corrected chi connectivity index (χ1v) is 7.50. The van der Waals surface area contributed by atoms with Crippen LogP contribution in [0.5, 0.6) is 0 Å². The number of nitrogens with one attached hydrogen (secondary N) is 2. The lowest BCUT2D eigenvalue weighted by Gasteiger charge is -2.14. The van der Waals surface area contributed by atoms with E-state index in [4.69, 9.17) is 4.74 Å². The Labute approximate surface area is 148 Å². The zero-order valence-electron chi connectivity index (χ0n) is 13.2. The Morgan fingerprint density at radius 3 is 2.86 bits per heavy atom. The van der Waals surface area contributed by atoms with Gasteiger partial charge in [-0.1, -0.05) is 12.1 Å². The molecule has 0 saturated carbocycles. The zero-order valence-corrected chi connectivity index (χ0v) is 15.5. The van der Waals surface area contributed by atoms with E-state index in [1.165, 1.54) is 0 Å². The number of hydrogen-bond acceptors (Lipinski definition) is 2. The average molecular weight is 421 g/mol. The first kappa shape index (κ1) is 19.2. The van der Waals surface area contributed by atoms with Crippen molar-refractivity contribution in [3.8, 4) is 0 Å². The molecular formula is C16H25FIN3O. The van der Waals surface area contributed by atoms with Crippen LogP contribution in [0.1, 0.15) is 30.4 Å². The highest BCUT2D eigenvalue weighted by atomic mass is 127. The van der Waals surface area contributed by atoms with Crippen LogP contribution in [-0.2, 0) is 11.3 Å². The summed E-state index contributed by atoms with van der Waals surface area (Å²) in [6, 6.07) is 5.27. The Morgan fingerprint density at radius 2 is 2.23 bits per heavy atom.